The number of esters is 1. The fraction of sp³-hybridized carbons (Fsp3) is 0.143. The Hall–Kier alpha value is -3.74. The van der Waals surface area contributed by atoms with E-state index in [0.717, 1.165) is 16.8 Å². The van der Waals surface area contributed by atoms with Crippen molar-refractivity contribution in [3.8, 4) is 17.1 Å². The van der Waals surface area contributed by atoms with Gasteiger partial charge >= 0.3 is 5.97 Å². The number of rotatable bonds is 5. The Balaban J connectivity index is 1.45. The van der Waals surface area contributed by atoms with Gasteiger partial charge in [0.05, 0.1) is 11.3 Å². The normalized spacial score (nSPS) is 11.9. The van der Waals surface area contributed by atoms with Crippen LogP contribution in [0, 0.1) is 6.92 Å². The second-order valence-corrected chi connectivity index (χ2v) is 6.36. The van der Waals surface area contributed by atoms with E-state index in [1.54, 1.807) is 42.1 Å². The van der Waals surface area contributed by atoms with Crippen molar-refractivity contribution in [1.82, 2.24) is 20.0 Å². The van der Waals surface area contributed by atoms with E-state index in [-0.39, 0.29) is 5.89 Å². The van der Waals surface area contributed by atoms with Gasteiger partial charge in [-0.1, -0.05) is 17.7 Å². The predicted molar refractivity (Wildman–Crippen MR) is 102 cm³/mol. The van der Waals surface area contributed by atoms with Gasteiger partial charge in [0.2, 0.25) is 5.89 Å². The van der Waals surface area contributed by atoms with E-state index in [4.69, 9.17) is 9.15 Å². The summed E-state index contributed by atoms with van der Waals surface area (Å²) in [6.45, 7) is 3.69. The van der Waals surface area contributed by atoms with E-state index >= 15 is 0 Å². The maximum Gasteiger partial charge on any atom is 0.338 e. The van der Waals surface area contributed by atoms with Gasteiger partial charge in [-0.25, -0.2) is 9.48 Å². The summed E-state index contributed by atoms with van der Waals surface area (Å²) < 4.78 is 12.9. The molecule has 2 aromatic heterocycles. The van der Waals surface area contributed by atoms with Crippen LogP contribution in [-0.4, -0.2) is 25.9 Å². The summed E-state index contributed by atoms with van der Waals surface area (Å²) in [6, 6.07) is 16.6. The Labute approximate surface area is 161 Å². The van der Waals surface area contributed by atoms with Gasteiger partial charge in [-0.3, -0.25) is 0 Å². The van der Waals surface area contributed by atoms with E-state index in [1.165, 1.54) is 0 Å². The lowest BCUT2D eigenvalue weighted by Crippen LogP contribution is -2.09. The zero-order valence-electron chi connectivity index (χ0n) is 15.4. The van der Waals surface area contributed by atoms with Crippen molar-refractivity contribution in [2.45, 2.75) is 20.0 Å². The summed E-state index contributed by atoms with van der Waals surface area (Å²) in [5, 5.41) is 12.2. The molecular formula is C21H18N4O3. The first kappa shape index (κ1) is 17.7. The number of nitrogens with zero attached hydrogens (tertiary/aromatic N) is 4. The molecule has 2 heterocycles. The quantitative estimate of drug-likeness (QED) is 0.488. The summed E-state index contributed by atoms with van der Waals surface area (Å²) in [7, 11) is 0. The molecule has 1 atom stereocenters. The zero-order chi connectivity index (χ0) is 19.5. The summed E-state index contributed by atoms with van der Waals surface area (Å²) >= 11 is 0. The van der Waals surface area contributed by atoms with E-state index < -0.39 is 12.1 Å². The highest BCUT2D eigenvalue weighted by atomic mass is 16.6. The average Bonchev–Trinajstić information content (AvgIpc) is 3.40. The number of ether oxygens (including phenoxy) is 1. The maximum absolute atomic E-state index is 12.4. The lowest BCUT2D eigenvalue weighted by Gasteiger charge is -2.10. The first-order valence-corrected chi connectivity index (χ1v) is 8.81. The highest BCUT2D eigenvalue weighted by molar-refractivity contribution is 5.89. The Morgan fingerprint density at radius 2 is 1.93 bits per heavy atom. The largest absolute Gasteiger partial charge is 0.449 e. The van der Waals surface area contributed by atoms with Crippen LogP contribution in [0.4, 0.5) is 0 Å². The first-order valence-electron chi connectivity index (χ1n) is 8.81. The van der Waals surface area contributed by atoms with Gasteiger partial charge in [0, 0.05) is 18.0 Å². The molecular weight excluding hydrogens is 356 g/mol. The SMILES string of the molecule is Cc1cccc(-c2nnc(C(C)OC(=O)c3ccc(-n4cccn4)cc3)o2)c1. The predicted octanol–water partition coefficient (Wildman–Crippen LogP) is 4.15. The molecule has 0 amide bonds. The summed E-state index contributed by atoms with van der Waals surface area (Å²) in [5.74, 6) is 0.179. The van der Waals surface area contributed by atoms with Crippen molar-refractivity contribution >= 4 is 5.97 Å². The van der Waals surface area contributed by atoms with Crippen molar-refractivity contribution in [2.24, 2.45) is 0 Å². The maximum atomic E-state index is 12.4. The number of benzene rings is 2. The lowest BCUT2D eigenvalue weighted by molar-refractivity contribution is 0.0280. The fourth-order valence-corrected chi connectivity index (χ4v) is 2.74. The molecule has 0 aliphatic carbocycles. The van der Waals surface area contributed by atoms with Crippen LogP contribution >= 0.6 is 0 Å². The van der Waals surface area contributed by atoms with Crippen LogP contribution < -0.4 is 0 Å². The van der Waals surface area contributed by atoms with Crippen LogP contribution in [-0.2, 0) is 4.74 Å². The van der Waals surface area contributed by atoms with E-state index in [9.17, 15) is 4.79 Å². The topological polar surface area (TPSA) is 83.0 Å². The molecule has 2 aromatic carbocycles. The summed E-state index contributed by atoms with van der Waals surface area (Å²) in [4.78, 5) is 12.4. The van der Waals surface area contributed by atoms with E-state index in [0.29, 0.717) is 11.5 Å². The molecule has 7 nitrogen and oxygen atoms in total. The number of hydrogen-bond acceptors (Lipinski definition) is 6. The molecule has 0 radical (unpaired) electrons. The first-order chi connectivity index (χ1) is 13.6. The van der Waals surface area contributed by atoms with Gasteiger partial charge in [-0.15, -0.1) is 10.2 Å². The Morgan fingerprint density at radius 1 is 1.11 bits per heavy atom. The Morgan fingerprint density at radius 3 is 2.64 bits per heavy atom. The lowest BCUT2D eigenvalue weighted by atomic mass is 10.1. The Kier molecular flexibility index (Phi) is 4.72. The molecule has 4 aromatic rings. The standard InChI is InChI=1S/C21H18N4O3/c1-14-5-3-6-17(13-14)20-24-23-19(28-20)15(2)27-21(26)16-7-9-18(10-8-16)25-12-4-11-22-25/h3-13,15H,1-2H3. The second kappa shape index (κ2) is 7.48. The number of carbonyl (C=O) groups excluding carboxylic acids is 1. The molecule has 0 bridgehead atoms. The van der Waals surface area contributed by atoms with Crippen LogP contribution in [0.15, 0.2) is 71.4 Å². The molecule has 7 heteroatoms. The Bertz CT molecular complexity index is 1090. The van der Waals surface area contributed by atoms with Gasteiger partial charge in [0.15, 0.2) is 6.10 Å². The molecule has 0 N–H and O–H groups in total. The highest BCUT2D eigenvalue weighted by Crippen LogP contribution is 2.24. The molecule has 0 saturated heterocycles. The molecule has 0 spiro atoms. The van der Waals surface area contributed by atoms with E-state index in [1.807, 2.05) is 43.5 Å². The molecule has 0 saturated carbocycles. The smallest absolute Gasteiger partial charge is 0.338 e. The number of aryl methyl sites for hydroxylation is 1. The number of carbonyl (C=O) groups is 1. The number of hydrogen-bond donors (Lipinski definition) is 0. The third-order valence-corrected chi connectivity index (χ3v) is 4.21. The van der Waals surface area contributed by atoms with Gasteiger partial charge < -0.3 is 9.15 Å². The number of aromatic nitrogens is 4. The minimum atomic E-state index is -0.663. The van der Waals surface area contributed by atoms with Crippen LogP contribution in [0.1, 0.15) is 34.8 Å². The van der Waals surface area contributed by atoms with Crippen molar-refractivity contribution in [2.75, 3.05) is 0 Å². The fourth-order valence-electron chi connectivity index (χ4n) is 2.74. The van der Waals surface area contributed by atoms with Gasteiger partial charge in [-0.05, 0) is 56.3 Å². The molecule has 0 aliphatic heterocycles. The minimum Gasteiger partial charge on any atom is -0.449 e. The summed E-state index contributed by atoms with van der Waals surface area (Å²) in [6.07, 6.45) is 2.86. The second-order valence-electron chi connectivity index (χ2n) is 6.36. The van der Waals surface area contributed by atoms with Crippen molar-refractivity contribution < 1.29 is 13.9 Å². The van der Waals surface area contributed by atoms with Crippen LogP contribution in [0.5, 0.6) is 0 Å². The van der Waals surface area contributed by atoms with Crippen molar-refractivity contribution in [1.29, 1.82) is 0 Å². The van der Waals surface area contributed by atoms with Crippen LogP contribution in [0.25, 0.3) is 17.1 Å². The van der Waals surface area contributed by atoms with Gasteiger partial charge in [-0.2, -0.15) is 5.10 Å². The molecule has 0 fully saturated rings. The van der Waals surface area contributed by atoms with Crippen molar-refractivity contribution in [3.63, 3.8) is 0 Å². The zero-order valence-corrected chi connectivity index (χ0v) is 15.4. The average molecular weight is 374 g/mol. The minimum absolute atomic E-state index is 0.248. The van der Waals surface area contributed by atoms with Gasteiger partial charge in [0.25, 0.3) is 5.89 Å². The molecule has 140 valence electrons. The van der Waals surface area contributed by atoms with Crippen molar-refractivity contribution in [3.05, 3.63) is 84.0 Å². The van der Waals surface area contributed by atoms with Crippen LogP contribution in [0.2, 0.25) is 0 Å². The molecule has 28 heavy (non-hydrogen) atoms. The third-order valence-electron chi connectivity index (χ3n) is 4.21. The molecule has 1 unspecified atom stereocenters. The third kappa shape index (κ3) is 3.68. The molecule has 4 rings (SSSR count). The molecule has 0 aliphatic rings. The van der Waals surface area contributed by atoms with Crippen LogP contribution in [0.3, 0.4) is 0 Å². The van der Waals surface area contributed by atoms with E-state index in [2.05, 4.69) is 15.3 Å². The highest BCUT2D eigenvalue weighted by Gasteiger charge is 2.20. The van der Waals surface area contributed by atoms with Gasteiger partial charge in [0.1, 0.15) is 0 Å². The summed E-state index contributed by atoms with van der Waals surface area (Å²) in [5.41, 5.74) is 3.21. The monoisotopic (exact) mass is 374 g/mol.